The van der Waals surface area contributed by atoms with Gasteiger partial charge in [-0.1, -0.05) is 6.07 Å². The van der Waals surface area contributed by atoms with Crippen LogP contribution in [0, 0.1) is 13.8 Å². The van der Waals surface area contributed by atoms with Crippen LogP contribution in [0.1, 0.15) is 31.9 Å². The molecular formula is C13H20N2O. The van der Waals surface area contributed by atoms with Crippen LogP contribution in [0.2, 0.25) is 0 Å². The minimum Gasteiger partial charge on any atom is -0.333 e. The first-order valence-electron chi connectivity index (χ1n) is 5.44. The summed E-state index contributed by atoms with van der Waals surface area (Å²) in [6, 6.07) is 5.81. The third kappa shape index (κ3) is 4.34. The van der Waals surface area contributed by atoms with Crippen molar-refractivity contribution in [2.24, 2.45) is 0 Å². The van der Waals surface area contributed by atoms with Crippen molar-refractivity contribution in [1.82, 2.24) is 5.32 Å². The molecule has 0 aliphatic rings. The summed E-state index contributed by atoms with van der Waals surface area (Å²) in [5.74, 6) is 0. The molecule has 0 saturated carbocycles. The molecule has 0 spiro atoms. The van der Waals surface area contributed by atoms with E-state index < -0.39 is 0 Å². The number of benzene rings is 1. The number of hydrogen-bond acceptors (Lipinski definition) is 1. The third-order valence-corrected chi connectivity index (χ3v) is 1.97. The van der Waals surface area contributed by atoms with Gasteiger partial charge in [0, 0.05) is 11.2 Å². The number of urea groups is 1. The third-order valence-electron chi connectivity index (χ3n) is 1.97. The fourth-order valence-electron chi connectivity index (χ4n) is 1.55. The number of anilines is 1. The second kappa shape index (κ2) is 4.56. The molecule has 2 amide bonds. The van der Waals surface area contributed by atoms with E-state index in [0.29, 0.717) is 0 Å². The highest BCUT2D eigenvalue weighted by Gasteiger charge is 2.13. The van der Waals surface area contributed by atoms with Gasteiger partial charge in [0.15, 0.2) is 0 Å². The summed E-state index contributed by atoms with van der Waals surface area (Å²) < 4.78 is 0. The van der Waals surface area contributed by atoms with Crippen LogP contribution in [0.15, 0.2) is 18.2 Å². The summed E-state index contributed by atoms with van der Waals surface area (Å²) in [5.41, 5.74) is 2.90. The average Bonchev–Trinajstić information content (AvgIpc) is 1.96. The quantitative estimate of drug-likeness (QED) is 0.749. The van der Waals surface area contributed by atoms with Crippen LogP contribution in [0.25, 0.3) is 0 Å². The van der Waals surface area contributed by atoms with Crippen molar-refractivity contribution in [3.8, 4) is 0 Å². The molecule has 0 heterocycles. The van der Waals surface area contributed by atoms with Crippen LogP contribution >= 0.6 is 0 Å². The Labute approximate surface area is 97.2 Å². The molecule has 1 aromatic rings. The lowest BCUT2D eigenvalue weighted by Crippen LogP contribution is -2.43. The van der Waals surface area contributed by atoms with Crippen LogP contribution in [0.3, 0.4) is 0 Å². The summed E-state index contributed by atoms with van der Waals surface area (Å²) in [7, 11) is 0. The Morgan fingerprint density at radius 1 is 1.06 bits per heavy atom. The molecule has 0 aliphatic carbocycles. The van der Waals surface area contributed by atoms with Crippen LogP contribution < -0.4 is 10.6 Å². The normalized spacial score (nSPS) is 11.1. The molecule has 0 aliphatic heterocycles. The fourth-order valence-corrected chi connectivity index (χ4v) is 1.55. The zero-order valence-electron chi connectivity index (χ0n) is 10.6. The van der Waals surface area contributed by atoms with E-state index in [2.05, 4.69) is 16.7 Å². The Kier molecular flexibility index (Phi) is 3.58. The van der Waals surface area contributed by atoms with Gasteiger partial charge in [-0.05, 0) is 57.9 Å². The number of nitrogens with one attached hydrogen (secondary N) is 2. The summed E-state index contributed by atoms with van der Waals surface area (Å²) in [6.45, 7) is 9.88. The molecule has 0 bridgehead atoms. The van der Waals surface area contributed by atoms with Gasteiger partial charge in [0.1, 0.15) is 0 Å². The highest BCUT2D eigenvalue weighted by Crippen LogP contribution is 2.13. The van der Waals surface area contributed by atoms with Gasteiger partial charge in [-0.25, -0.2) is 4.79 Å². The zero-order chi connectivity index (χ0) is 12.3. The standard InChI is InChI=1S/C13H20N2O/c1-9-6-10(2)8-11(7-9)14-12(16)15-13(3,4)5/h6-8H,1-5H3,(H2,14,15,16). The maximum Gasteiger partial charge on any atom is 0.319 e. The van der Waals surface area contributed by atoms with Gasteiger partial charge in [-0.15, -0.1) is 0 Å². The van der Waals surface area contributed by atoms with E-state index in [0.717, 1.165) is 16.8 Å². The molecule has 0 atom stereocenters. The minimum atomic E-state index is -0.219. The molecule has 0 radical (unpaired) electrons. The second-order valence-electron chi connectivity index (χ2n) is 5.21. The number of amides is 2. The van der Waals surface area contributed by atoms with Gasteiger partial charge in [-0.3, -0.25) is 0 Å². The zero-order valence-corrected chi connectivity index (χ0v) is 10.6. The highest BCUT2D eigenvalue weighted by atomic mass is 16.2. The Morgan fingerprint density at radius 2 is 1.56 bits per heavy atom. The first-order chi connectivity index (χ1) is 7.26. The van der Waals surface area contributed by atoms with E-state index >= 15 is 0 Å². The Bertz CT molecular complexity index is 371. The van der Waals surface area contributed by atoms with Gasteiger partial charge >= 0.3 is 6.03 Å². The van der Waals surface area contributed by atoms with Crippen LogP contribution in [-0.2, 0) is 0 Å². The number of carbonyl (C=O) groups is 1. The topological polar surface area (TPSA) is 41.1 Å². The predicted molar refractivity (Wildman–Crippen MR) is 67.8 cm³/mol. The largest absolute Gasteiger partial charge is 0.333 e. The van der Waals surface area contributed by atoms with E-state index in [1.54, 1.807) is 0 Å². The smallest absolute Gasteiger partial charge is 0.319 e. The Hall–Kier alpha value is -1.51. The molecule has 3 heteroatoms. The number of aryl methyl sites for hydroxylation is 2. The minimum absolute atomic E-state index is 0.169. The van der Waals surface area contributed by atoms with Crippen molar-refractivity contribution in [2.45, 2.75) is 40.2 Å². The Balaban J connectivity index is 2.70. The van der Waals surface area contributed by atoms with E-state index in [-0.39, 0.29) is 11.6 Å². The van der Waals surface area contributed by atoms with Gasteiger partial charge < -0.3 is 10.6 Å². The van der Waals surface area contributed by atoms with Gasteiger partial charge in [0.25, 0.3) is 0 Å². The van der Waals surface area contributed by atoms with Crippen LogP contribution in [-0.4, -0.2) is 11.6 Å². The maximum absolute atomic E-state index is 11.6. The number of carbonyl (C=O) groups excluding carboxylic acids is 1. The second-order valence-corrected chi connectivity index (χ2v) is 5.21. The van der Waals surface area contributed by atoms with Gasteiger partial charge in [-0.2, -0.15) is 0 Å². The van der Waals surface area contributed by atoms with E-state index in [9.17, 15) is 4.79 Å². The molecule has 0 saturated heterocycles. The molecular weight excluding hydrogens is 200 g/mol. The Morgan fingerprint density at radius 3 is 2.00 bits per heavy atom. The molecule has 16 heavy (non-hydrogen) atoms. The molecule has 0 aromatic heterocycles. The van der Waals surface area contributed by atoms with Gasteiger partial charge in [0.2, 0.25) is 0 Å². The lowest BCUT2D eigenvalue weighted by Gasteiger charge is -2.21. The van der Waals surface area contributed by atoms with Crippen LogP contribution in [0.5, 0.6) is 0 Å². The van der Waals surface area contributed by atoms with Crippen LogP contribution in [0.4, 0.5) is 10.5 Å². The average molecular weight is 220 g/mol. The molecule has 0 fully saturated rings. The molecule has 88 valence electrons. The first kappa shape index (κ1) is 12.6. The van der Waals surface area contributed by atoms with Crippen molar-refractivity contribution >= 4 is 11.7 Å². The first-order valence-corrected chi connectivity index (χ1v) is 5.44. The highest BCUT2D eigenvalue weighted by molar-refractivity contribution is 5.89. The predicted octanol–water partition coefficient (Wildman–Crippen LogP) is 3.22. The molecule has 0 unspecified atom stereocenters. The van der Waals surface area contributed by atoms with E-state index in [4.69, 9.17) is 0 Å². The lowest BCUT2D eigenvalue weighted by atomic mass is 10.1. The monoisotopic (exact) mass is 220 g/mol. The van der Waals surface area contributed by atoms with E-state index in [1.807, 2.05) is 46.8 Å². The van der Waals surface area contributed by atoms with Crippen molar-refractivity contribution in [3.05, 3.63) is 29.3 Å². The lowest BCUT2D eigenvalue weighted by molar-refractivity contribution is 0.244. The van der Waals surface area contributed by atoms with E-state index in [1.165, 1.54) is 0 Å². The SMILES string of the molecule is Cc1cc(C)cc(NC(=O)NC(C)(C)C)c1. The fraction of sp³-hybridized carbons (Fsp3) is 0.462. The summed E-state index contributed by atoms with van der Waals surface area (Å²) in [5, 5.41) is 5.69. The summed E-state index contributed by atoms with van der Waals surface area (Å²) >= 11 is 0. The molecule has 1 rings (SSSR count). The van der Waals surface area contributed by atoms with Gasteiger partial charge in [0.05, 0.1) is 0 Å². The van der Waals surface area contributed by atoms with Crippen molar-refractivity contribution in [1.29, 1.82) is 0 Å². The number of rotatable bonds is 1. The maximum atomic E-state index is 11.6. The van der Waals surface area contributed by atoms with Crippen molar-refractivity contribution in [2.75, 3.05) is 5.32 Å². The van der Waals surface area contributed by atoms with Crippen molar-refractivity contribution in [3.63, 3.8) is 0 Å². The van der Waals surface area contributed by atoms with Crippen molar-refractivity contribution < 1.29 is 4.79 Å². The molecule has 3 nitrogen and oxygen atoms in total. The molecule has 1 aromatic carbocycles. The number of hydrogen-bond donors (Lipinski definition) is 2. The summed E-state index contributed by atoms with van der Waals surface area (Å²) in [4.78, 5) is 11.6. The molecule has 2 N–H and O–H groups in total. The summed E-state index contributed by atoms with van der Waals surface area (Å²) in [6.07, 6.45) is 0.